The van der Waals surface area contributed by atoms with Crippen molar-refractivity contribution >= 4 is 15.8 Å². The van der Waals surface area contributed by atoms with Gasteiger partial charge in [-0.15, -0.1) is 0 Å². The molecule has 0 radical (unpaired) electrons. The molecular formula is C14H31N3O2S. The molecule has 0 spiro atoms. The normalized spacial score (nSPS) is 13.4. The average molecular weight is 305 g/mol. The number of hydrogen-bond donors (Lipinski definition) is 1. The summed E-state index contributed by atoms with van der Waals surface area (Å²) in [5.74, 6) is 1.09. The summed E-state index contributed by atoms with van der Waals surface area (Å²) in [4.78, 5) is 6.37. The first-order valence-corrected chi connectivity index (χ1v) is 9.27. The first kappa shape index (κ1) is 19.2. The van der Waals surface area contributed by atoms with Crippen molar-refractivity contribution in [3.05, 3.63) is 0 Å². The SMILES string of the molecule is CCCCN(C)C(=NC)NCC(C)(C)CCS(C)(=O)=O. The number of guanidine groups is 1. The molecule has 1 N–H and O–H groups in total. The van der Waals surface area contributed by atoms with E-state index in [1.54, 1.807) is 7.05 Å². The number of sulfone groups is 1. The molecule has 0 bridgehead atoms. The molecule has 0 unspecified atom stereocenters. The fourth-order valence-electron chi connectivity index (χ4n) is 1.75. The first-order chi connectivity index (χ1) is 9.11. The van der Waals surface area contributed by atoms with Gasteiger partial charge in [0.2, 0.25) is 0 Å². The predicted molar refractivity (Wildman–Crippen MR) is 87.0 cm³/mol. The lowest BCUT2D eigenvalue weighted by atomic mass is 9.90. The van der Waals surface area contributed by atoms with Crippen LogP contribution in [-0.2, 0) is 9.84 Å². The summed E-state index contributed by atoms with van der Waals surface area (Å²) in [5, 5.41) is 3.34. The van der Waals surface area contributed by atoms with E-state index in [0.29, 0.717) is 13.0 Å². The number of nitrogens with one attached hydrogen (secondary N) is 1. The van der Waals surface area contributed by atoms with Crippen molar-refractivity contribution in [1.29, 1.82) is 0 Å². The first-order valence-electron chi connectivity index (χ1n) is 7.21. The van der Waals surface area contributed by atoms with Crippen LogP contribution >= 0.6 is 0 Å². The van der Waals surface area contributed by atoms with Crippen LogP contribution < -0.4 is 5.32 Å². The van der Waals surface area contributed by atoms with Gasteiger partial charge in [0, 0.05) is 33.4 Å². The highest BCUT2D eigenvalue weighted by atomic mass is 32.2. The molecule has 0 aliphatic rings. The van der Waals surface area contributed by atoms with Crippen LogP contribution in [0.4, 0.5) is 0 Å². The number of nitrogens with zero attached hydrogens (tertiary/aromatic N) is 2. The third-order valence-corrected chi connectivity index (χ3v) is 4.24. The van der Waals surface area contributed by atoms with Gasteiger partial charge >= 0.3 is 0 Å². The molecular weight excluding hydrogens is 274 g/mol. The zero-order valence-electron chi connectivity index (χ0n) is 13.9. The van der Waals surface area contributed by atoms with Crippen molar-refractivity contribution in [2.75, 3.05) is 39.2 Å². The zero-order valence-corrected chi connectivity index (χ0v) is 14.7. The minimum absolute atomic E-state index is 0.0788. The van der Waals surface area contributed by atoms with Crippen LogP contribution in [0, 0.1) is 5.41 Å². The molecule has 0 rings (SSSR count). The maximum atomic E-state index is 11.2. The molecule has 0 heterocycles. The Morgan fingerprint density at radius 3 is 2.40 bits per heavy atom. The van der Waals surface area contributed by atoms with E-state index >= 15 is 0 Å². The van der Waals surface area contributed by atoms with Crippen LogP contribution in [0.15, 0.2) is 4.99 Å². The van der Waals surface area contributed by atoms with Gasteiger partial charge in [-0.25, -0.2) is 8.42 Å². The minimum atomic E-state index is -2.90. The second kappa shape index (κ2) is 8.49. The van der Waals surface area contributed by atoms with E-state index in [2.05, 4.69) is 36.0 Å². The van der Waals surface area contributed by atoms with Crippen LogP contribution in [0.5, 0.6) is 0 Å². The van der Waals surface area contributed by atoms with Gasteiger partial charge in [-0.1, -0.05) is 27.2 Å². The summed E-state index contributed by atoms with van der Waals surface area (Å²) >= 11 is 0. The molecule has 5 nitrogen and oxygen atoms in total. The van der Waals surface area contributed by atoms with E-state index in [4.69, 9.17) is 0 Å². The maximum Gasteiger partial charge on any atom is 0.193 e. The van der Waals surface area contributed by atoms with Gasteiger partial charge in [0.25, 0.3) is 0 Å². The number of aliphatic imine (C=N–C) groups is 1. The van der Waals surface area contributed by atoms with Crippen LogP contribution in [0.1, 0.15) is 40.0 Å². The fraction of sp³-hybridized carbons (Fsp3) is 0.929. The number of rotatable bonds is 8. The molecule has 0 saturated heterocycles. The quantitative estimate of drug-likeness (QED) is 0.548. The Hall–Kier alpha value is -0.780. The second-order valence-electron chi connectivity index (χ2n) is 6.22. The Balaban J connectivity index is 4.34. The summed E-state index contributed by atoms with van der Waals surface area (Å²) < 4.78 is 22.5. The summed E-state index contributed by atoms with van der Waals surface area (Å²) in [7, 11) is 0.896. The van der Waals surface area contributed by atoms with Gasteiger partial charge in [-0.2, -0.15) is 0 Å². The molecule has 120 valence electrons. The van der Waals surface area contributed by atoms with Gasteiger partial charge in [0.1, 0.15) is 9.84 Å². The zero-order chi connectivity index (χ0) is 15.8. The van der Waals surface area contributed by atoms with E-state index in [9.17, 15) is 8.42 Å². The molecule has 6 heteroatoms. The van der Waals surface area contributed by atoms with Crippen molar-refractivity contribution in [3.8, 4) is 0 Å². The number of hydrogen-bond acceptors (Lipinski definition) is 3. The molecule has 0 aliphatic carbocycles. The molecule has 0 aliphatic heterocycles. The van der Waals surface area contributed by atoms with Gasteiger partial charge in [0.05, 0.1) is 5.75 Å². The predicted octanol–water partition coefficient (Wildman–Crippen LogP) is 1.75. The van der Waals surface area contributed by atoms with E-state index in [-0.39, 0.29) is 11.2 Å². The van der Waals surface area contributed by atoms with Crippen molar-refractivity contribution in [2.45, 2.75) is 40.0 Å². The molecule has 0 fully saturated rings. The second-order valence-corrected chi connectivity index (χ2v) is 8.48. The standard InChI is InChI=1S/C14H31N3O2S/c1-7-8-10-17(5)13(15-4)16-12-14(2,3)9-11-20(6,18)19/h7-12H2,1-6H3,(H,15,16). The molecule has 0 aromatic rings. The molecule has 0 saturated carbocycles. The van der Waals surface area contributed by atoms with E-state index < -0.39 is 9.84 Å². The molecule has 0 aromatic heterocycles. The van der Waals surface area contributed by atoms with Gasteiger partial charge < -0.3 is 10.2 Å². The Labute approximate surface area is 124 Å². The minimum Gasteiger partial charge on any atom is -0.356 e. The average Bonchev–Trinajstić information content (AvgIpc) is 2.34. The van der Waals surface area contributed by atoms with Crippen LogP contribution in [0.3, 0.4) is 0 Å². The lowest BCUT2D eigenvalue weighted by molar-refractivity contribution is 0.340. The van der Waals surface area contributed by atoms with E-state index in [1.807, 2.05) is 7.05 Å². The third-order valence-electron chi connectivity index (χ3n) is 3.30. The van der Waals surface area contributed by atoms with Crippen LogP contribution in [0.25, 0.3) is 0 Å². The largest absolute Gasteiger partial charge is 0.356 e. The topological polar surface area (TPSA) is 61.8 Å². The van der Waals surface area contributed by atoms with Crippen LogP contribution in [-0.4, -0.2) is 58.5 Å². The Bertz CT molecular complexity index is 403. The van der Waals surface area contributed by atoms with Crippen molar-refractivity contribution < 1.29 is 8.42 Å². The van der Waals surface area contributed by atoms with Crippen molar-refractivity contribution in [2.24, 2.45) is 10.4 Å². The monoisotopic (exact) mass is 305 g/mol. The van der Waals surface area contributed by atoms with Crippen LogP contribution in [0.2, 0.25) is 0 Å². The Morgan fingerprint density at radius 2 is 1.95 bits per heavy atom. The summed E-state index contributed by atoms with van der Waals surface area (Å²) in [6.07, 6.45) is 4.22. The summed E-state index contributed by atoms with van der Waals surface area (Å²) in [6.45, 7) is 8.00. The Morgan fingerprint density at radius 1 is 1.35 bits per heavy atom. The van der Waals surface area contributed by atoms with E-state index in [1.165, 1.54) is 6.26 Å². The summed E-state index contributed by atoms with van der Waals surface area (Å²) in [6, 6.07) is 0. The van der Waals surface area contributed by atoms with Gasteiger partial charge in [-0.3, -0.25) is 4.99 Å². The van der Waals surface area contributed by atoms with Crippen molar-refractivity contribution in [1.82, 2.24) is 10.2 Å². The van der Waals surface area contributed by atoms with Gasteiger partial charge in [-0.05, 0) is 18.3 Å². The highest BCUT2D eigenvalue weighted by Crippen LogP contribution is 2.19. The van der Waals surface area contributed by atoms with E-state index in [0.717, 1.165) is 25.3 Å². The third kappa shape index (κ3) is 9.18. The molecule has 0 aromatic carbocycles. The number of unbranched alkanes of at least 4 members (excludes halogenated alkanes) is 1. The molecule has 0 amide bonds. The lowest BCUT2D eigenvalue weighted by Gasteiger charge is -2.28. The summed E-state index contributed by atoms with van der Waals surface area (Å²) in [5.41, 5.74) is -0.0788. The fourth-order valence-corrected chi connectivity index (χ4v) is 2.68. The Kier molecular flexibility index (Phi) is 8.16. The molecule has 0 atom stereocenters. The van der Waals surface area contributed by atoms with Crippen molar-refractivity contribution in [3.63, 3.8) is 0 Å². The molecule has 20 heavy (non-hydrogen) atoms. The highest BCUT2D eigenvalue weighted by molar-refractivity contribution is 7.90. The maximum absolute atomic E-state index is 11.2. The lowest BCUT2D eigenvalue weighted by Crippen LogP contribution is -2.43. The smallest absolute Gasteiger partial charge is 0.193 e. The highest BCUT2D eigenvalue weighted by Gasteiger charge is 2.21. The van der Waals surface area contributed by atoms with Gasteiger partial charge in [0.15, 0.2) is 5.96 Å².